The number of fused-ring (bicyclic) bond motifs is 3. The fourth-order valence-corrected chi connectivity index (χ4v) is 5.76. The predicted molar refractivity (Wildman–Crippen MR) is 118 cm³/mol. The summed E-state index contributed by atoms with van der Waals surface area (Å²) in [7, 11) is -3.36. The van der Waals surface area contributed by atoms with Crippen LogP contribution in [0.25, 0.3) is 22.4 Å². The van der Waals surface area contributed by atoms with Gasteiger partial charge >= 0.3 is 7.60 Å². The molecule has 0 fully saturated rings. The second-order valence-electron chi connectivity index (χ2n) is 6.73. The largest absolute Gasteiger partial charge is 0.508 e. The van der Waals surface area contributed by atoms with Gasteiger partial charge in [0.25, 0.3) is 0 Å². The van der Waals surface area contributed by atoms with E-state index in [1.165, 1.54) is 11.3 Å². The summed E-state index contributed by atoms with van der Waals surface area (Å²) in [4.78, 5) is 5.57. The van der Waals surface area contributed by atoms with Gasteiger partial charge in [0.2, 0.25) is 0 Å². The summed E-state index contributed by atoms with van der Waals surface area (Å²) in [6, 6.07) is 10.9. The van der Waals surface area contributed by atoms with Crippen LogP contribution in [0.2, 0.25) is 0 Å². The molecule has 9 heteroatoms. The number of anilines is 1. The van der Waals surface area contributed by atoms with E-state index in [2.05, 4.69) is 4.98 Å². The van der Waals surface area contributed by atoms with Gasteiger partial charge in [0.15, 0.2) is 11.5 Å². The predicted octanol–water partition coefficient (Wildman–Crippen LogP) is 5.27. The number of aromatic hydroxyl groups is 1. The highest BCUT2D eigenvalue weighted by Crippen LogP contribution is 2.52. The van der Waals surface area contributed by atoms with Crippen LogP contribution < -0.4 is 10.5 Å². The first-order valence-corrected chi connectivity index (χ1v) is 12.2. The van der Waals surface area contributed by atoms with E-state index in [0.717, 1.165) is 32.8 Å². The maximum absolute atomic E-state index is 12.8. The van der Waals surface area contributed by atoms with Crippen LogP contribution in [0.4, 0.5) is 5.13 Å². The number of thiazole rings is 1. The lowest BCUT2D eigenvalue weighted by molar-refractivity contribution is 0.197. The lowest BCUT2D eigenvalue weighted by Gasteiger charge is -2.19. The standard InChI is InChI=1S/C21H23N2O5PS/c1-3-27-29(25,28-4-2)12-26-17-10-9-15(13-5-7-14(24)8-6-13)16-11-18-20(19(16)17)23-21(22)30-18/h5-10,24H,3-4,11-12H2,1-2H3,(H2,22,23). The van der Waals surface area contributed by atoms with E-state index in [1.54, 1.807) is 26.0 Å². The maximum Gasteiger partial charge on any atom is 0.367 e. The number of nitrogens with zero attached hydrogens (tertiary/aromatic N) is 1. The summed E-state index contributed by atoms with van der Waals surface area (Å²) in [5.41, 5.74) is 10.7. The van der Waals surface area contributed by atoms with Crippen molar-refractivity contribution >= 4 is 24.1 Å². The third-order valence-electron chi connectivity index (χ3n) is 4.77. The summed E-state index contributed by atoms with van der Waals surface area (Å²) in [5, 5.41) is 10.1. The molecular weight excluding hydrogens is 423 g/mol. The van der Waals surface area contributed by atoms with Gasteiger partial charge in [-0.15, -0.1) is 11.3 Å². The molecule has 0 saturated carbocycles. The molecular formula is C21H23N2O5PS. The molecule has 1 aliphatic rings. The van der Waals surface area contributed by atoms with Crippen molar-refractivity contribution in [2.45, 2.75) is 20.3 Å². The number of nitrogens with two attached hydrogens (primary N) is 1. The van der Waals surface area contributed by atoms with Gasteiger partial charge < -0.3 is 24.6 Å². The number of aromatic nitrogens is 1. The van der Waals surface area contributed by atoms with E-state index in [4.69, 9.17) is 19.5 Å². The third kappa shape index (κ3) is 3.96. The molecule has 0 bridgehead atoms. The minimum atomic E-state index is -3.36. The Labute approximate surface area is 179 Å². The fourth-order valence-electron chi connectivity index (χ4n) is 3.60. The van der Waals surface area contributed by atoms with Crippen molar-refractivity contribution in [2.24, 2.45) is 0 Å². The van der Waals surface area contributed by atoms with Crippen molar-refractivity contribution in [1.29, 1.82) is 0 Å². The first kappa shape index (κ1) is 20.9. The van der Waals surface area contributed by atoms with Crippen LogP contribution in [0.15, 0.2) is 36.4 Å². The number of hydrogen-bond donors (Lipinski definition) is 2. The quantitative estimate of drug-likeness (QED) is 0.355. The zero-order chi connectivity index (χ0) is 21.3. The van der Waals surface area contributed by atoms with Crippen LogP contribution in [-0.4, -0.2) is 29.7 Å². The van der Waals surface area contributed by atoms with E-state index < -0.39 is 7.60 Å². The Bertz CT molecular complexity index is 1100. The van der Waals surface area contributed by atoms with Crippen LogP contribution in [0, 0.1) is 0 Å². The molecule has 1 aliphatic carbocycles. The second-order valence-corrected chi connectivity index (χ2v) is 9.84. The molecule has 0 unspecified atom stereocenters. The Morgan fingerprint density at radius 1 is 1.13 bits per heavy atom. The maximum atomic E-state index is 12.8. The minimum absolute atomic E-state index is 0.186. The average molecular weight is 446 g/mol. The Kier molecular flexibility index (Phi) is 5.84. The zero-order valence-corrected chi connectivity index (χ0v) is 18.5. The van der Waals surface area contributed by atoms with E-state index >= 15 is 0 Å². The normalized spacial score (nSPS) is 12.6. The number of ether oxygens (including phenoxy) is 1. The van der Waals surface area contributed by atoms with Gasteiger partial charge in [-0.25, -0.2) is 4.98 Å². The summed E-state index contributed by atoms with van der Waals surface area (Å²) in [6.45, 7) is 4.07. The van der Waals surface area contributed by atoms with Crippen LogP contribution in [-0.2, 0) is 20.0 Å². The van der Waals surface area contributed by atoms with Gasteiger partial charge in [-0.1, -0.05) is 18.2 Å². The number of nitrogen functional groups attached to an aromatic ring is 1. The molecule has 2 aromatic carbocycles. The van der Waals surface area contributed by atoms with Crippen molar-refractivity contribution in [2.75, 3.05) is 25.3 Å². The van der Waals surface area contributed by atoms with Gasteiger partial charge in [0, 0.05) is 16.9 Å². The van der Waals surface area contributed by atoms with Crippen LogP contribution >= 0.6 is 18.9 Å². The van der Waals surface area contributed by atoms with Gasteiger partial charge in [0.05, 0.1) is 18.9 Å². The number of rotatable bonds is 8. The second kappa shape index (κ2) is 8.40. The van der Waals surface area contributed by atoms with Crippen molar-refractivity contribution < 1.29 is 23.5 Å². The van der Waals surface area contributed by atoms with E-state index in [-0.39, 0.29) is 25.3 Å². The molecule has 0 atom stereocenters. The lowest BCUT2D eigenvalue weighted by atomic mass is 9.95. The number of hydrogen-bond acceptors (Lipinski definition) is 8. The molecule has 0 amide bonds. The van der Waals surface area contributed by atoms with Gasteiger partial charge in [-0.05, 0) is 48.7 Å². The van der Waals surface area contributed by atoms with Crippen LogP contribution in [0.5, 0.6) is 11.5 Å². The van der Waals surface area contributed by atoms with Crippen molar-refractivity contribution in [1.82, 2.24) is 4.98 Å². The number of phenols is 1. The Morgan fingerprint density at radius 2 is 1.83 bits per heavy atom. The van der Waals surface area contributed by atoms with Gasteiger partial charge in [-0.2, -0.15) is 0 Å². The van der Waals surface area contributed by atoms with Gasteiger partial charge in [0.1, 0.15) is 11.5 Å². The molecule has 1 aromatic heterocycles. The molecule has 0 radical (unpaired) electrons. The third-order valence-corrected chi connectivity index (χ3v) is 7.40. The monoisotopic (exact) mass is 446 g/mol. The molecule has 158 valence electrons. The Hall–Kier alpha value is -2.38. The molecule has 0 spiro atoms. The van der Waals surface area contributed by atoms with Crippen LogP contribution in [0.1, 0.15) is 24.3 Å². The van der Waals surface area contributed by atoms with E-state index in [9.17, 15) is 9.67 Å². The van der Waals surface area contributed by atoms with Crippen molar-refractivity contribution in [3.63, 3.8) is 0 Å². The smallest absolute Gasteiger partial charge is 0.367 e. The fraction of sp³-hybridized carbons (Fsp3) is 0.286. The minimum Gasteiger partial charge on any atom is -0.508 e. The molecule has 30 heavy (non-hydrogen) atoms. The molecule has 1 heterocycles. The number of benzene rings is 2. The lowest BCUT2D eigenvalue weighted by Crippen LogP contribution is -2.06. The first-order valence-electron chi connectivity index (χ1n) is 9.66. The molecule has 3 aromatic rings. The first-order chi connectivity index (χ1) is 14.4. The van der Waals surface area contributed by atoms with E-state index in [1.807, 2.05) is 24.3 Å². The summed E-state index contributed by atoms with van der Waals surface area (Å²) >= 11 is 1.46. The summed E-state index contributed by atoms with van der Waals surface area (Å²) in [5.74, 6) is 0.780. The average Bonchev–Trinajstić information content (AvgIpc) is 3.23. The highest BCUT2D eigenvalue weighted by atomic mass is 32.1. The highest BCUT2D eigenvalue weighted by molar-refractivity contribution is 7.53. The molecule has 7 nitrogen and oxygen atoms in total. The number of phenolic OH excluding ortho intramolecular Hbond substituents is 1. The highest BCUT2D eigenvalue weighted by Gasteiger charge is 2.31. The molecule has 0 aliphatic heterocycles. The van der Waals surface area contributed by atoms with Gasteiger partial charge in [-0.3, -0.25) is 4.57 Å². The Balaban J connectivity index is 1.75. The van der Waals surface area contributed by atoms with Crippen LogP contribution in [0.3, 0.4) is 0 Å². The summed E-state index contributed by atoms with van der Waals surface area (Å²) in [6.07, 6.45) is 0.496. The molecule has 0 saturated heterocycles. The SMILES string of the molecule is CCOP(=O)(COc1ccc(-c2ccc(O)cc2)c2c1-c1nc(N)sc1C2)OCC. The zero-order valence-electron chi connectivity index (χ0n) is 16.8. The molecule has 4 rings (SSSR count). The topological polar surface area (TPSA) is 104 Å². The van der Waals surface area contributed by atoms with Crippen molar-refractivity contribution in [3.8, 4) is 33.9 Å². The molecule has 3 N–H and O–H groups in total. The Morgan fingerprint density at radius 3 is 2.50 bits per heavy atom. The van der Waals surface area contributed by atoms with Crippen molar-refractivity contribution in [3.05, 3.63) is 46.8 Å². The van der Waals surface area contributed by atoms with E-state index in [0.29, 0.717) is 17.3 Å². The summed E-state index contributed by atoms with van der Waals surface area (Å²) < 4.78 is 29.5.